The summed E-state index contributed by atoms with van der Waals surface area (Å²) in [7, 11) is 1.69. The molecule has 1 aromatic heterocycles. The number of hydrogen-bond acceptors (Lipinski definition) is 5. The van der Waals surface area contributed by atoms with Crippen molar-refractivity contribution < 1.29 is 9.53 Å². The Bertz CT molecular complexity index is 519. The first-order valence-corrected chi connectivity index (χ1v) is 7.97. The Balaban J connectivity index is 2.21. The molecular formula is C16H26N4O2. The van der Waals surface area contributed by atoms with Crippen LogP contribution in [0.4, 0.5) is 5.95 Å². The van der Waals surface area contributed by atoms with Crippen LogP contribution in [0.15, 0.2) is 6.07 Å². The van der Waals surface area contributed by atoms with Crippen molar-refractivity contribution in [3.8, 4) is 0 Å². The molecule has 0 bridgehead atoms. The van der Waals surface area contributed by atoms with Crippen molar-refractivity contribution in [2.45, 2.75) is 51.5 Å². The van der Waals surface area contributed by atoms with Gasteiger partial charge in [-0.1, -0.05) is 13.8 Å². The predicted molar refractivity (Wildman–Crippen MR) is 85.7 cm³/mol. The molecular weight excluding hydrogens is 280 g/mol. The van der Waals surface area contributed by atoms with E-state index in [0.29, 0.717) is 12.3 Å². The van der Waals surface area contributed by atoms with Gasteiger partial charge in [-0.2, -0.15) is 0 Å². The molecule has 1 fully saturated rings. The van der Waals surface area contributed by atoms with Gasteiger partial charge >= 0.3 is 0 Å². The van der Waals surface area contributed by atoms with Crippen LogP contribution in [-0.4, -0.2) is 47.1 Å². The zero-order valence-electron chi connectivity index (χ0n) is 13.7. The Morgan fingerprint density at radius 1 is 1.45 bits per heavy atom. The van der Waals surface area contributed by atoms with E-state index < -0.39 is 0 Å². The quantitative estimate of drug-likeness (QED) is 0.902. The molecule has 2 N–H and O–H groups in total. The van der Waals surface area contributed by atoms with Crippen molar-refractivity contribution in [1.29, 1.82) is 0 Å². The summed E-state index contributed by atoms with van der Waals surface area (Å²) in [6, 6.07) is 1.99. The lowest BCUT2D eigenvalue weighted by atomic mass is 9.99. The predicted octanol–water partition coefficient (Wildman–Crippen LogP) is 2.21. The van der Waals surface area contributed by atoms with Gasteiger partial charge in [-0.05, 0) is 37.7 Å². The Morgan fingerprint density at radius 3 is 2.91 bits per heavy atom. The zero-order chi connectivity index (χ0) is 16.1. The largest absolute Gasteiger partial charge is 0.385 e. The van der Waals surface area contributed by atoms with Crippen LogP contribution in [0, 0.1) is 0 Å². The van der Waals surface area contributed by atoms with Crippen LogP contribution in [0.25, 0.3) is 0 Å². The molecule has 22 heavy (non-hydrogen) atoms. The lowest BCUT2D eigenvalue weighted by Crippen LogP contribution is -2.44. The third-order valence-corrected chi connectivity index (χ3v) is 4.12. The van der Waals surface area contributed by atoms with Crippen molar-refractivity contribution >= 4 is 11.9 Å². The summed E-state index contributed by atoms with van der Waals surface area (Å²) >= 11 is 0. The highest BCUT2D eigenvalue weighted by Gasteiger charge is 2.28. The fourth-order valence-electron chi connectivity index (χ4n) is 2.86. The van der Waals surface area contributed by atoms with E-state index in [1.807, 2.05) is 18.7 Å². The molecule has 6 heteroatoms. The van der Waals surface area contributed by atoms with E-state index in [1.54, 1.807) is 13.2 Å². The topological polar surface area (TPSA) is 81.3 Å². The SMILES string of the molecule is COCCC1CCCCN1C(=O)c1cc(C(C)C)nc(N)n1. The van der Waals surface area contributed by atoms with E-state index in [9.17, 15) is 4.79 Å². The number of piperidine rings is 1. The lowest BCUT2D eigenvalue weighted by Gasteiger charge is -2.35. The molecule has 1 aliphatic heterocycles. The first-order chi connectivity index (χ1) is 10.5. The number of hydrogen-bond donors (Lipinski definition) is 1. The standard InChI is InChI=1S/C16H26N4O2/c1-11(2)13-10-14(19-16(17)18-13)15(21)20-8-5-4-6-12(20)7-9-22-3/h10-12H,4-9H2,1-3H3,(H2,17,18,19). The number of likely N-dealkylation sites (tertiary alicyclic amines) is 1. The highest BCUT2D eigenvalue weighted by Crippen LogP contribution is 2.23. The van der Waals surface area contributed by atoms with Crippen molar-refractivity contribution in [2.75, 3.05) is 26.0 Å². The Kier molecular flexibility index (Phi) is 5.71. The molecule has 1 amide bonds. The number of nitrogens with two attached hydrogens (primary N) is 1. The molecule has 2 rings (SSSR count). The van der Waals surface area contributed by atoms with Gasteiger partial charge in [0, 0.05) is 32.0 Å². The first-order valence-electron chi connectivity index (χ1n) is 7.97. The molecule has 1 aliphatic rings. The van der Waals surface area contributed by atoms with E-state index >= 15 is 0 Å². The summed E-state index contributed by atoms with van der Waals surface area (Å²) in [5.41, 5.74) is 6.98. The van der Waals surface area contributed by atoms with Gasteiger partial charge in [-0.25, -0.2) is 9.97 Å². The number of nitrogen functional groups attached to an aromatic ring is 1. The summed E-state index contributed by atoms with van der Waals surface area (Å²) in [6.45, 7) is 5.49. The summed E-state index contributed by atoms with van der Waals surface area (Å²) < 4.78 is 5.16. The number of carbonyl (C=O) groups is 1. The van der Waals surface area contributed by atoms with Crippen molar-refractivity contribution in [3.63, 3.8) is 0 Å². The molecule has 0 saturated carbocycles. The number of rotatable bonds is 5. The molecule has 0 aliphatic carbocycles. The van der Waals surface area contributed by atoms with Gasteiger partial charge in [-0.15, -0.1) is 0 Å². The van der Waals surface area contributed by atoms with Crippen molar-refractivity contribution in [2.24, 2.45) is 0 Å². The molecule has 1 aromatic rings. The minimum Gasteiger partial charge on any atom is -0.385 e. The molecule has 0 spiro atoms. The second kappa shape index (κ2) is 7.54. The van der Waals surface area contributed by atoms with Crippen LogP contribution >= 0.6 is 0 Å². The normalized spacial score (nSPS) is 18.7. The first kappa shape index (κ1) is 16.7. The van der Waals surface area contributed by atoms with Crippen molar-refractivity contribution in [3.05, 3.63) is 17.5 Å². The van der Waals surface area contributed by atoms with Crippen molar-refractivity contribution in [1.82, 2.24) is 14.9 Å². The van der Waals surface area contributed by atoms with E-state index in [4.69, 9.17) is 10.5 Å². The molecule has 122 valence electrons. The average molecular weight is 306 g/mol. The molecule has 2 heterocycles. The monoisotopic (exact) mass is 306 g/mol. The summed E-state index contributed by atoms with van der Waals surface area (Å²) in [4.78, 5) is 23.1. The summed E-state index contributed by atoms with van der Waals surface area (Å²) in [6.07, 6.45) is 4.07. The molecule has 1 atom stereocenters. The molecule has 6 nitrogen and oxygen atoms in total. The molecule has 1 saturated heterocycles. The minimum atomic E-state index is -0.0446. The summed E-state index contributed by atoms with van der Waals surface area (Å²) in [5.74, 6) is 0.333. The van der Waals surface area contributed by atoms with Gasteiger partial charge in [0.2, 0.25) is 5.95 Å². The zero-order valence-corrected chi connectivity index (χ0v) is 13.7. The van der Waals surface area contributed by atoms with Crippen LogP contribution in [0.1, 0.15) is 61.6 Å². The number of ether oxygens (including phenoxy) is 1. The number of aromatic nitrogens is 2. The van der Waals surface area contributed by atoms with Crippen LogP contribution < -0.4 is 5.73 Å². The number of methoxy groups -OCH3 is 1. The maximum absolute atomic E-state index is 12.8. The Labute approximate surface area is 132 Å². The van der Waals surface area contributed by atoms with Crippen LogP contribution in [0.2, 0.25) is 0 Å². The average Bonchev–Trinajstić information content (AvgIpc) is 2.51. The van der Waals surface area contributed by atoms with Crippen LogP contribution in [0.3, 0.4) is 0 Å². The molecule has 0 radical (unpaired) electrons. The summed E-state index contributed by atoms with van der Waals surface area (Å²) in [5, 5.41) is 0. The van der Waals surface area contributed by atoms with E-state index in [0.717, 1.165) is 37.9 Å². The van der Waals surface area contributed by atoms with Gasteiger partial charge in [0.15, 0.2) is 0 Å². The third kappa shape index (κ3) is 3.94. The van der Waals surface area contributed by atoms with E-state index in [2.05, 4.69) is 9.97 Å². The van der Waals surface area contributed by atoms with Crippen LogP contribution in [-0.2, 0) is 4.74 Å². The second-order valence-electron chi connectivity index (χ2n) is 6.12. The fraction of sp³-hybridized carbons (Fsp3) is 0.688. The van der Waals surface area contributed by atoms with E-state index in [1.165, 1.54) is 0 Å². The third-order valence-electron chi connectivity index (χ3n) is 4.12. The maximum Gasteiger partial charge on any atom is 0.272 e. The van der Waals surface area contributed by atoms with Gasteiger partial charge in [0.1, 0.15) is 5.69 Å². The number of carbonyl (C=O) groups excluding carboxylic acids is 1. The Morgan fingerprint density at radius 2 is 2.23 bits per heavy atom. The number of nitrogens with zero attached hydrogens (tertiary/aromatic N) is 3. The van der Waals surface area contributed by atoms with Gasteiger partial charge in [-0.3, -0.25) is 4.79 Å². The maximum atomic E-state index is 12.8. The molecule has 0 aromatic carbocycles. The highest BCUT2D eigenvalue weighted by atomic mass is 16.5. The number of anilines is 1. The lowest BCUT2D eigenvalue weighted by molar-refractivity contribution is 0.0547. The fourth-order valence-corrected chi connectivity index (χ4v) is 2.86. The van der Waals surface area contributed by atoms with Gasteiger partial charge in [0.05, 0.1) is 0 Å². The molecule has 1 unspecified atom stereocenters. The van der Waals surface area contributed by atoms with Gasteiger partial charge in [0.25, 0.3) is 5.91 Å². The number of amides is 1. The van der Waals surface area contributed by atoms with Crippen LogP contribution in [0.5, 0.6) is 0 Å². The Hall–Kier alpha value is -1.69. The minimum absolute atomic E-state index is 0.0446. The van der Waals surface area contributed by atoms with Gasteiger partial charge < -0.3 is 15.4 Å². The second-order valence-corrected chi connectivity index (χ2v) is 6.12. The smallest absolute Gasteiger partial charge is 0.272 e. The van der Waals surface area contributed by atoms with E-state index in [-0.39, 0.29) is 23.8 Å². The highest BCUT2D eigenvalue weighted by molar-refractivity contribution is 5.93.